The van der Waals surface area contributed by atoms with Crippen LogP contribution in [0.25, 0.3) is 0 Å². The molecule has 1 aromatic carbocycles. The molecular weight excluding hydrogens is 297 g/mol. The molecule has 4 heteroatoms. The zero-order valence-electron chi connectivity index (χ0n) is 10.3. The van der Waals surface area contributed by atoms with Gasteiger partial charge in [-0.05, 0) is 50.2 Å². The Morgan fingerprint density at radius 2 is 2.17 bits per heavy atom. The number of nitrogens with one attached hydrogen (secondary N) is 1. The summed E-state index contributed by atoms with van der Waals surface area (Å²) < 4.78 is 19.9. The van der Waals surface area contributed by atoms with E-state index in [1.54, 1.807) is 12.3 Å². The Labute approximate surface area is 114 Å². The Hall–Kier alpha value is -1.13. The summed E-state index contributed by atoms with van der Waals surface area (Å²) in [5, 5.41) is 3.20. The fourth-order valence-corrected chi connectivity index (χ4v) is 2.45. The minimum Gasteiger partial charge on any atom is -0.469 e. The molecule has 2 nitrogen and oxygen atoms in total. The quantitative estimate of drug-likeness (QED) is 0.923. The molecule has 0 radical (unpaired) electrons. The van der Waals surface area contributed by atoms with Crippen LogP contribution in [0.3, 0.4) is 0 Å². The van der Waals surface area contributed by atoms with Gasteiger partial charge in [-0.1, -0.05) is 15.9 Å². The van der Waals surface area contributed by atoms with Crippen molar-refractivity contribution in [1.82, 2.24) is 5.32 Å². The molecule has 0 aliphatic carbocycles. The number of halogens is 2. The molecule has 0 aliphatic rings. The molecule has 1 aromatic heterocycles. The van der Waals surface area contributed by atoms with Crippen molar-refractivity contribution < 1.29 is 8.81 Å². The molecule has 0 amide bonds. The number of rotatable bonds is 4. The molecule has 0 saturated carbocycles. The predicted molar refractivity (Wildman–Crippen MR) is 73.0 cm³/mol. The summed E-state index contributed by atoms with van der Waals surface area (Å²) in [4.78, 5) is 0. The lowest BCUT2D eigenvalue weighted by atomic mass is 9.99. The Morgan fingerprint density at radius 1 is 1.39 bits per heavy atom. The maximum Gasteiger partial charge on any atom is 0.126 e. The van der Waals surface area contributed by atoms with E-state index in [2.05, 4.69) is 21.2 Å². The molecule has 1 N–H and O–H groups in total. The summed E-state index contributed by atoms with van der Waals surface area (Å²) in [5.74, 6) is 0.685. The van der Waals surface area contributed by atoms with E-state index in [0.717, 1.165) is 15.8 Å². The first-order chi connectivity index (χ1) is 8.61. The van der Waals surface area contributed by atoms with Gasteiger partial charge in [-0.25, -0.2) is 4.39 Å². The summed E-state index contributed by atoms with van der Waals surface area (Å²) >= 11 is 3.37. The minimum absolute atomic E-state index is 0.0487. The van der Waals surface area contributed by atoms with Gasteiger partial charge >= 0.3 is 0 Å². The van der Waals surface area contributed by atoms with Crippen molar-refractivity contribution >= 4 is 15.9 Å². The second-order valence-electron chi connectivity index (χ2n) is 4.21. The van der Waals surface area contributed by atoms with Crippen molar-refractivity contribution in [3.05, 3.63) is 57.7 Å². The lowest BCUT2D eigenvalue weighted by Crippen LogP contribution is -2.19. The normalized spacial score (nSPS) is 12.7. The van der Waals surface area contributed by atoms with Gasteiger partial charge in [0.25, 0.3) is 0 Å². The van der Waals surface area contributed by atoms with Crippen molar-refractivity contribution in [1.29, 1.82) is 0 Å². The zero-order chi connectivity index (χ0) is 13.1. The SMILES string of the molecule is CNC(Cc1cc(Br)ccc1F)c1ccoc1C. The topological polar surface area (TPSA) is 25.2 Å². The van der Waals surface area contributed by atoms with E-state index in [-0.39, 0.29) is 11.9 Å². The van der Waals surface area contributed by atoms with Gasteiger partial charge in [-0.3, -0.25) is 0 Å². The molecule has 96 valence electrons. The summed E-state index contributed by atoms with van der Waals surface area (Å²) in [6.45, 7) is 1.91. The molecule has 2 aromatic rings. The molecule has 2 rings (SSSR count). The van der Waals surface area contributed by atoms with Gasteiger partial charge in [0.15, 0.2) is 0 Å². The molecular formula is C14H15BrFNO. The molecule has 0 bridgehead atoms. The molecule has 0 saturated heterocycles. The van der Waals surface area contributed by atoms with E-state index in [0.29, 0.717) is 12.0 Å². The first-order valence-electron chi connectivity index (χ1n) is 5.77. The van der Waals surface area contributed by atoms with Crippen LogP contribution in [0, 0.1) is 12.7 Å². The Morgan fingerprint density at radius 3 is 2.78 bits per heavy atom. The van der Waals surface area contributed by atoms with Crippen LogP contribution in [0.1, 0.15) is 22.9 Å². The number of likely N-dealkylation sites (N-methyl/N-ethyl adjacent to an activating group) is 1. The maximum absolute atomic E-state index is 13.7. The van der Waals surface area contributed by atoms with Crippen LogP contribution in [0.4, 0.5) is 4.39 Å². The third kappa shape index (κ3) is 2.82. The molecule has 1 heterocycles. The monoisotopic (exact) mass is 311 g/mol. The van der Waals surface area contributed by atoms with Crippen LogP contribution in [0.15, 0.2) is 39.4 Å². The van der Waals surface area contributed by atoms with Crippen molar-refractivity contribution in [2.75, 3.05) is 7.05 Å². The second-order valence-corrected chi connectivity index (χ2v) is 5.13. The number of hydrogen-bond donors (Lipinski definition) is 1. The van der Waals surface area contributed by atoms with Crippen LogP contribution < -0.4 is 5.32 Å². The third-order valence-electron chi connectivity index (χ3n) is 3.05. The summed E-state index contributed by atoms with van der Waals surface area (Å²) in [6, 6.07) is 6.97. The van der Waals surface area contributed by atoms with E-state index >= 15 is 0 Å². The Bertz CT molecular complexity index is 538. The molecule has 1 unspecified atom stereocenters. The van der Waals surface area contributed by atoms with Crippen LogP contribution >= 0.6 is 15.9 Å². The van der Waals surface area contributed by atoms with E-state index in [9.17, 15) is 4.39 Å². The van der Waals surface area contributed by atoms with Crippen molar-refractivity contribution in [3.63, 3.8) is 0 Å². The van der Waals surface area contributed by atoms with Crippen molar-refractivity contribution in [3.8, 4) is 0 Å². The number of hydrogen-bond acceptors (Lipinski definition) is 2. The van der Waals surface area contributed by atoms with Crippen molar-refractivity contribution in [2.45, 2.75) is 19.4 Å². The lowest BCUT2D eigenvalue weighted by Gasteiger charge is -2.16. The van der Waals surface area contributed by atoms with Crippen LogP contribution in [0.2, 0.25) is 0 Å². The van der Waals surface area contributed by atoms with E-state index in [1.165, 1.54) is 6.07 Å². The Balaban J connectivity index is 2.26. The van der Waals surface area contributed by atoms with E-state index in [1.807, 2.05) is 26.1 Å². The lowest BCUT2D eigenvalue weighted by molar-refractivity contribution is 0.507. The van der Waals surface area contributed by atoms with Gasteiger partial charge in [0.2, 0.25) is 0 Å². The number of aryl methyl sites for hydroxylation is 1. The molecule has 0 aliphatic heterocycles. The summed E-state index contributed by atoms with van der Waals surface area (Å²) in [5.41, 5.74) is 1.75. The Kier molecular flexibility index (Phi) is 4.19. The standard InChI is InChI=1S/C14H15BrFNO/c1-9-12(5-6-18-9)14(17-2)8-10-7-11(15)3-4-13(10)16/h3-7,14,17H,8H2,1-2H3. The number of furan rings is 1. The van der Waals surface area contributed by atoms with Crippen molar-refractivity contribution in [2.24, 2.45) is 0 Å². The van der Waals surface area contributed by atoms with Gasteiger partial charge in [0.05, 0.1) is 6.26 Å². The van der Waals surface area contributed by atoms with Crippen LogP contribution in [-0.2, 0) is 6.42 Å². The van der Waals surface area contributed by atoms with Crippen LogP contribution in [-0.4, -0.2) is 7.05 Å². The molecule has 0 spiro atoms. The first-order valence-corrected chi connectivity index (χ1v) is 6.56. The average molecular weight is 312 g/mol. The van der Waals surface area contributed by atoms with Gasteiger partial charge in [-0.2, -0.15) is 0 Å². The first kappa shape index (κ1) is 13.3. The fourth-order valence-electron chi connectivity index (χ4n) is 2.04. The average Bonchev–Trinajstić information content (AvgIpc) is 2.77. The second kappa shape index (κ2) is 5.67. The fraction of sp³-hybridized carbons (Fsp3) is 0.286. The summed E-state index contributed by atoms with van der Waals surface area (Å²) in [7, 11) is 1.87. The van der Waals surface area contributed by atoms with Gasteiger partial charge in [-0.15, -0.1) is 0 Å². The maximum atomic E-state index is 13.7. The highest BCUT2D eigenvalue weighted by Crippen LogP contribution is 2.25. The highest BCUT2D eigenvalue weighted by Gasteiger charge is 2.16. The van der Waals surface area contributed by atoms with E-state index < -0.39 is 0 Å². The van der Waals surface area contributed by atoms with Gasteiger partial charge in [0, 0.05) is 16.1 Å². The zero-order valence-corrected chi connectivity index (χ0v) is 11.9. The number of benzene rings is 1. The van der Waals surface area contributed by atoms with Crippen LogP contribution in [0.5, 0.6) is 0 Å². The van der Waals surface area contributed by atoms with Gasteiger partial charge < -0.3 is 9.73 Å². The molecule has 18 heavy (non-hydrogen) atoms. The summed E-state index contributed by atoms with van der Waals surface area (Å²) in [6.07, 6.45) is 2.24. The predicted octanol–water partition coefficient (Wildman–Crippen LogP) is 3.99. The third-order valence-corrected chi connectivity index (χ3v) is 3.55. The largest absolute Gasteiger partial charge is 0.469 e. The van der Waals surface area contributed by atoms with Gasteiger partial charge in [0.1, 0.15) is 11.6 Å². The molecule has 1 atom stereocenters. The van der Waals surface area contributed by atoms with E-state index in [4.69, 9.17) is 4.42 Å². The highest BCUT2D eigenvalue weighted by atomic mass is 79.9. The highest BCUT2D eigenvalue weighted by molar-refractivity contribution is 9.10. The molecule has 0 fully saturated rings. The minimum atomic E-state index is -0.181. The smallest absolute Gasteiger partial charge is 0.126 e.